The van der Waals surface area contributed by atoms with E-state index in [4.69, 9.17) is 49.6 Å². The summed E-state index contributed by atoms with van der Waals surface area (Å²) in [6.45, 7) is 0.293. The van der Waals surface area contributed by atoms with Crippen LogP contribution in [0.3, 0.4) is 0 Å². The number of carbonyl (C=O) groups excluding carboxylic acids is 2. The first-order valence-corrected chi connectivity index (χ1v) is 13.0. The van der Waals surface area contributed by atoms with Gasteiger partial charge in [-0.05, 0) is 59.7 Å². The topological polar surface area (TPSA) is 77.1 Å². The molecular weight excluding hydrogens is 555 g/mol. The van der Waals surface area contributed by atoms with Gasteiger partial charge in [0, 0.05) is 5.02 Å². The van der Waals surface area contributed by atoms with E-state index in [2.05, 4.69) is 5.32 Å². The predicted octanol–water partition coefficient (Wildman–Crippen LogP) is 6.14. The van der Waals surface area contributed by atoms with Crippen molar-refractivity contribution >= 4 is 75.1 Å². The van der Waals surface area contributed by atoms with E-state index in [0.717, 1.165) is 11.1 Å². The van der Waals surface area contributed by atoms with Gasteiger partial charge in [0.05, 0.1) is 22.2 Å². The van der Waals surface area contributed by atoms with Crippen molar-refractivity contribution in [2.75, 3.05) is 18.7 Å². The highest BCUT2D eigenvalue weighted by atomic mass is 35.5. The van der Waals surface area contributed by atoms with Gasteiger partial charge in [-0.25, -0.2) is 0 Å². The molecule has 3 aromatic carbocycles. The Morgan fingerprint density at radius 3 is 2.78 bits per heavy atom. The largest absolute Gasteiger partial charge is 0.484 e. The third-order valence-electron chi connectivity index (χ3n) is 5.38. The van der Waals surface area contributed by atoms with Gasteiger partial charge >= 0.3 is 0 Å². The first-order chi connectivity index (χ1) is 17.9. The van der Waals surface area contributed by atoms with Crippen LogP contribution in [0, 0.1) is 0 Å². The fraction of sp³-hybridized carbons (Fsp3) is 0.115. The molecule has 1 saturated heterocycles. The van der Waals surface area contributed by atoms with E-state index in [1.807, 2.05) is 24.3 Å². The van der Waals surface area contributed by atoms with Gasteiger partial charge in [0.2, 0.25) is 6.79 Å². The molecule has 2 aliphatic heterocycles. The molecule has 0 unspecified atom stereocenters. The monoisotopic (exact) mass is 572 g/mol. The van der Waals surface area contributed by atoms with Crippen molar-refractivity contribution in [3.63, 3.8) is 0 Å². The number of anilines is 1. The van der Waals surface area contributed by atoms with Crippen LogP contribution >= 0.6 is 47.2 Å². The lowest BCUT2D eigenvalue weighted by molar-refractivity contribution is -0.122. The van der Waals surface area contributed by atoms with Crippen molar-refractivity contribution in [2.24, 2.45) is 0 Å². The number of ether oxygens (including phenoxy) is 3. The van der Waals surface area contributed by atoms with Crippen LogP contribution < -0.4 is 19.5 Å². The second-order valence-electron chi connectivity index (χ2n) is 7.99. The summed E-state index contributed by atoms with van der Waals surface area (Å²) in [6, 6.07) is 17.4. The number of nitrogens with one attached hydrogen (secondary N) is 1. The van der Waals surface area contributed by atoms with Crippen LogP contribution in [0.1, 0.15) is 11.1 Å². The molecule has 0 atom stereocenters. The Labute approximate surface area is 232 Å². The number of amides is 2. The minimum absolute atomic E-state index is 0.182. The Bertz CT molecular complexity index is 1450. The SMILES string of the molecule is O=C(COc1cccc(/C=C2\SC(=S)N(Cc3ccc4c(c3)OCO4)C2=O)c1)Nc1ccc(Cl)cc1Cl. The molecule has 2 aliphatic rings. The molecule has 1 fully saturated rings. The molecule has 2 heterocycles. The molecular formula is C26H18Cl2N2O5S2. The maximum Gasteiger partial charge on any atom is 0.266 e. The number of thioether (sulfide) groups is 1. The Morgan fingerprint density at radius 2 is 1.95 bits per heavy atom. The van der Waals surface area contributed by atoms with Crippen molar-refractivity contribution in [3.8, 4) is 17.2 Å². The smallest absolute Gasteiger partial charge is 0.266 e. The fourth-order valence-electron chi connectivity index (χ4n) is 3.63. The van der Waals surface area contributed by atoms with Crippen LogP contribution in [0.2, 0.25) is 10.0 Å². The van der Waals surface area contributed by atoms with Gasteiger partial charge in [0.1, 0.15) is 10.1 Å². The van der Waals surface area contributed by atoms with Crippen molar-refractivity contribution in [1.29, 1.82) is 0 Å². The standard InChI is InChI=1S/C26H18Cl2N2O5S2/c27-17-5-6-20(19(28)11-17)29-24(31)13-33-18-3-1-2-15(8-18)10-23-25(32)30(26(36)37-23)12-16-4-7-21-22(9-16)35-14-34-21/h1-11H,12-14H2,(H,29,31)/b23-10-. The summed E-state index contributed by atoms with van der Waals surface area (Å²) in [5.41, 5.74) is 2.06. The minimum Gasteiger partial charge on any atom is -0.484 e. The first kappa shape index (κ1) is 25.4. The highest BCUT2D eigenvalue weighted by molar-refractivity contribution is 8.26. The van der Waals surface area contributed by atoms with Crippen LogP contribution in [-0.2, 0) is 16.1 Å². The summed E-state index contributed by atoms with van der Waals surface area (Å²) in [6.07, 6.45) is 1.75. The number of nitrogens with zero attached hydrogens (tertiary/aromatic N) is 1. The lowest BCUT2D eigenvalue weighted by atomic mass is 10.1. The zero-order valence-corrected chi connectivity index (χ0v) is 22.2. The summed E-state index contributed by atoms with van der Waals surface area (Å²) < 4.78 is 16.9. The van der Waals surface area contributed by atoms with E-state index >= 15 is 0 Å². The normalized spacial score (nSPS) is 15.4. The molecule has 0 bridgehead atoms. The fourth-order valence-corrected chi connectivity index (χ4v) is 5.34. The Morgan fingerprint density at radius 1 is 1.11 bits per heavy atom. The molecule has 2 amide bonds. The average Bonchev–Trinajstić information content (AvgIpc) is 3.44. The van der Waals surface area contributed by atoms with Crippen molar-refractivity contribution in [3.05, 3.63) is 86.7 Å². The molecule has 3 aromatic rings. The summed E-state index contributed by atoms with van der Waals surface area (Å²) in [7, 11) is 0. The lowest BCUT2D eigenvalue weighted by Crippen LogP contribution is -2.27. The number of carbonyl (C=O) groups is 2. The van der Waals surface area contributed by atoms with Crippen LogP contribution in [0.15, 0.2) is 65.6 Å². The summed E-state index contributed by atoms with van der Waals surface area (Å²) in [4.78, 5) is 27.4. The molecule has 7 nitrogen and oxygen atoms in total. The zero-order valence-electron chi connectivity index (χ0n) is 19.0. The van der Waals surface area contributed by atoms with E-state index in [1.54, 1.807) is 47.4 Å². The second kappa shape index (κ2) is 11.0. The van der Waals surface area contributed by atoms with E-state index in [-0.39, 0.29) is 25.2 Å². The van der Waals surface area contributed by atoms with E-state index in [9.17, 15) is 9.59 Å². The maximum atomic E-state index is 13.1. The van der Waals surface area contributed by atoms with Crippen LogP contribution in [0.5, 0.6) is 17.2 Å². The Balaban J connectivity index is 1.21. The van der Waals surface area contributed by atoms with Gasteiger partial charge in [0.25, 0.3) is 11.8 Å². The van der Waals surface area contributed by atoms with Crippen LogP contribution in [-0.4, -0.2) is 34.4 Å². The van der Waals surface area contributed by atoms with Gasteiger partial charge in [-0.2, -0.15) is 0 Å². The molecule has 11 heteroatoms. The van der Waals surface area contributed by atoms with E-state index in [1.165, 1.54) is 11.8 Å². The molecule has 0 radical (unpaired) electrons. The van der Waals surface area contributed by atoms with Crippen molar-refractivity contribution < 1.29 is 23.8 Å². The zero-order chi connectivity index (χ0) is 25.9. The summed E-state index contributed by atoms with van der Waals surface area (Å²) in [5, 5.41) is 3.49. The predicted molar refractivity (Wildman–Crippen MR) is 148 cm³/mol. The third kappa shape index (κ3) is 6.02. The molecule has 1 N–H and O–H groups in total. The minimum atomic E-state index is -0.376. The number of thiocarbonyl (C=S) groups is 1. The molecule has 37 heavy (non-hydrogen) atoms. The second-order valence-corrected chi connectivity index (χ2v) is 10.5. The van der Waals surface area contributed by atoms with Crippen molar-refractivity contribution in [2.45, 2.75) is 6.54 Å². The Hall–Kier alpha value is -3.24. The summed E-state index contributed by atoms with van der Waals surface area (Å²) in [5.74, 6) is 1.25. The highest BCUT2D eigenvalue weighted by Gasteiger charge is 2.32. The van der Waals surface area contributed by atoms with Gasteiger partial charge in [-0.3, -0.25) is 14.5 Å². The average molecular weight is 573 g/mol. The van der Waals surface area contributed by atoms with Crippen molar-refractivity contribution in [1.82, 2.24) is 4.90 Å². The molecule has 0 saturated carbocycles. The van der Waals surface area contributed by atoms with Gasteiger partial charge in [0.15, 0.2) is 18.1 Å². The number of hydrogen-bond donors (Lipinski definition) is 1. The summed E-state index contributed by atoms with van der Waals surface area (Å²) >= 11 is 18.7. The quantitative estimate of drug-likeness (QED) is 0.269. The molecule has 0 aliphatic carbocycles. The van der Waals surface area contributed by atoms with Crippen LogP contribution in [0.25, 0.3) is 6.08 Å². The number of fused-ring (bicyclic) bond motifs is 1. The molecule has 0 aromatic heterocycles. The molecule has 0 spiro atoms. The van der Waals surface area contributed by atoms with Gasteiger partial charge in [-0.15, -0.1) is 0 Å². The third-order valence-corrected chi connectivity index (χ3v) is 7.31. The van der Waals surface area contributed by atoms with Gasteiger partial charge < -0.3 is 19.5 Å². The highest BCUT2D eigenvalue weighted by Crippen LogP contribution is 2.36. The maximum absolute atomic E-state index is 13.1. The first-order valence-electron chi connectivity index (χ1n) is 11.0. The van der Waals surface area contributed by atoms with E-state index in [0.29, 0.717) is 48.8 Å². The van der Waals surface area contributed by atoms with Gasteiger partial charge in [-0.1, -0.05) is 65.4 Å². The Kier molecular flexibility index (Phi) is 7.57. The molecule has 188 valence electrons. The number of rotatable bonds is 7. The molecule has 5 rings (SSSR count). The van der Waals surface area contributed by atoms with E-state index < -0.39 is 0 Å². The lowest BCUT2D eigenvalue weighted by Gasteiger charge is -2.14. The number of benzene rings is 3. The number of hydrogen-bond acceptors (Lipinski definition) is 7. The number of halogens is 2. The van der Waals surface area contributed by atoms with Crippen LogP contribution in [0.4, 0.5) is 5.69 Å².